The van der Waals surface area contributed by atoms with Crippen LogP contribution in [-0.2, 0) is 68.3 Å². The Hall–Kier alpha value is 0.739. The van der Waals surface area contributed by atoms with Crippen molar-refractivity contribution >= 4 is 31.2 Å². The van der Waals surface area contributed by atoms with E-state index in [4.69, 9.17) is 52.6 Å². The quantitative estimate of drug-likeness (QED) is 0.269. The van der Waals surface area contributed by atoms with Gasteiger partial charge >= 0.3 is 0 Å². The van der Waals surface area contributed by atoms with Crippen LogP contribution < -0.4 is 0 Å². The van der Waals surface area contributed by atoms with Crippen LogP contribution in [0.5, 0.6) is 0 Å². The minimum atomic E-state index is -5.17. The first-order valence-corrected chi connectivity index (χ1v) is 6.00. The van der Waals surface area contributed by atoms with Gasteiger partial charge in [0.05, 0.1) is 0 Å². The molecule has 0 amide bonds. The maximum absolute atomic E-state index is 8.52. The molecular weight excluding hydrogens is 406 g/mol. The summed E-state index contributed by atoms with van der Waals surface area (Å²) >= 11 is 0. The Morgan fingerprint density at radius 3 is 0.444 bits per heavy atom. The summed E-state index contributed by atoms with van der Waals surface area (Å²) in [6.45, 7) is 0. The average Bonchev–Trinajstić information content (AvgIpc) is 1.41. The predicted octanol–water partition coefficient (Wildman–Crippen LogP) is -4.84. The van der Waals surface area contributed by atoms with Crippen molar-refractivity contribution in [1.82, 2.24) is 0 Å². The Morgan fingerprint density at radius 1 is 0.444 bits per heavy atom. The molecule has 0 rings (SSSR count). The monoisotopic (exact) mass is 408 g/mol. The fourth-order valence-electron chi connectivity index (χ4n) is 0. The maximum atomic E-state index is 8.52. The molecule has 18 heavy (non-hydrogen) atoms. The van der Waals surface area contributed by atoms with Crippen LogP contribution in [0, 0.1) is 0 Å². The van der Waals surface area contributed by atoms with Crippen LogP contribution in [0.4, 0.5) is 0 Å². The molecule has 18 heteroatoms. The third-order valence-electron chi connectivity index (χ3n) is 0. The van der Waals surface area contributed by atoms with E-state index in [1.165, 1.54) is 0 Å². The average molecular weight is 408 g/mol. The Balaban J connectivity index is -0.0000000277. The third kappa shape index (κ3) is 7600. The summed E-state index contributed by atoms with van der Waals surface area (Å²) in [5.74, 6) is 0. The molecule has 0 spiro atoms. The van der Waals surface area contributed by atoms with Crippen molar-refractivity contribution in [3.63, 3.8) is 0 Å². The van der Waals surface area contributed by atoms with Gasteiger partial charge in [-0.1, -0.05) is 0 Å². The van der Waals surface area contributed by atoms with Crippen LogP contribution in [0.1, 0.15) is 0 Å². The van der Waals surface area contributed by atoms with Crippen molar-refractivity contribution in [2.75, 3.05) is 0 Å². The Kier molecular flexibility index (Phi) is 28.6. The molecule has 0 saturated carbocycles. The first kappa shape index (κ1) is 36.3. The summed E-state index contributed by atoms with van der Waals surface area (Å²) < 4.78 is 102. The summed E-state index contributed by atoms with van der Waals surface area (Å²) in [5.41, 5.74) is 0. The molecule has 0 aromatic heterocycles. The van der Waals surface area contributed by atoms with E-state index < -0.39 is 31.2 Å². The van der Waals surface area contributed by atoms with Gasteiger partial charge in [0, 0.05) is 68.3 Å². The zero-order chi connectivity index (χ0) is 13.5. The summed E-state index contributed by atoms with van der Waals surface area (Å²) in [4.78, 5) is 0. The molecule has 2 radical (unpaired) electrons. The van der Waals surface area contributed by atoms with Gasteiger partial charge in [0.2, 0.25) is 0 Å². The first-order valence-electron chi connectivity index (χ1n) is 2.00. The molecule has 0 saturated heterocycles. The summed E-state index contributed by atoms with van der Waals surface area (Å²) in [6, 6.07) is 0. The van der Waals surface area contributed by atoms with E-state index in [0.717, 1.165) is 0 Å². The fraction of sp³-hybridized carbons (Fsp3) is 0. The molecule has 0 atom stereocenters. The topological polar surface area (TPSA) is 272 Å². The number of hydrogen-bond acceptors (Lipinski definition) is 12. The minimum Gasteiger partial charge on any atom is -0.759 e. The summed E-state index contributed by atoms with van der Waals surface area (Å²) in [5, 5.41) is 0. The van der Waals surface area contributed by atoms with Crippen molar-refractivity contribution in [2.24, 2.45) is 0 Å². The second-order valence-corrected chi connectivity index (χ2v) is 3.67. The molecule has 0 heterocycles. The molecule has 0 fully saturated rings. The molecule has 0 aromatic carbocycles. The van der Waals surface area contributed by atoms with Crippen LogP contribution in [0.25, 0.3) is 0 Å². The maximum Gasteiger partial charge on any atom is 0.0311 e. The number of hydrogen-bond donors (Lipinski definition) is 0. The summed E-state index contributed by atoms with van der Waals surface area (Å²) in [6.07, 6.45) is 0. The van der Waals surface area contributed by atoms with Gasteiger partial charge in [0.1, 0.15) is 0 Å². The van der Waals surface area contributed by atoms with Crippen molar-refractivity contribution in [2.45, 2.75) is 0 Å². The second-order valence-electron chi connectivity index (χ2n) is 1.22. The molecule has 13 nitrogen and oxygen atoms in total. The Morgan fingerprint density at radius 2 is 0.444 bits per heavy atom. The molecule has 0 aromatic rings. The van der Waals surface area contributed by atoms with Crippen molar-refractivity contribution in [3.8, 4) is 0 Å². The smallest absolute Gasteiger partial charge is 0.0311 e. The summed E-state index contributed by atoms with van der Waals surface area (Å²) in [7, 11) is -15.5. The van der Waals surface area contributed by atoms with Gasteiger partial charge in [-0.3, -0.25) is 25.3 Å². The van der Waals surface area contributed by atoms with Gasteiger partial charge in [-0.25, -0.2) is 0 Å². The van der Waals surface area contributed by atoms with E-state index >= 15 is 0 Å². The van der Waals surface area contributed by atoms with Crippen molar-refractivity contribution in [1.29, 1.82) is 0 Å². The Labute approximate surface area is 126 Å². The fourth-order valence-corrected chi connectivity index (χ4v) is 0. The molecule has 0 aliphatic carbocycles. The standard InChI is InChI=1S/3H2O4S.H2O.2V/c3*1-5(2,3)4;;;/h3*(H2,1,2,3,4);1H2;;/p-6. The van der Waals surface area contributed by atoms with Crippen LogP contribution in [0.2, 0.25) is 0 Å². The zero-order valence-electron chi connectivity index (χ0n) is 7.52. The predicted molar refractivity (Wildman–Crippen MR) is 35.0 cm³/mol. The largest absolute Gasteiger partial charge is 0.759 e. The molecule has 0 aliphatic rings. The zero-order valence-corrected chi connectivity index (χ0v) is 12.8. The van der Waals surface area contributed by atoms with Crippen LogP contribution >= 0.6 is 0 Å². The SMILES string of the molecule is O.O=S(=O)([O-])[O-].O=S(=O)([O-])[O-].O=S(=O)([O-])[O-].[V].[V]. The molecule has 0 unspecified atom stereocenters. The van der Waals surface area contributed by atoms with Gasteiger partial charge in [0.25, 0.3) is 0 Å². The minimum absolute atomic E-state index is 0. The van der Waals surface area contributed by atoms with Crippen LogP contribution in [0.3, 0.4) is 0 Å². The molecule has 114 valence electrons. The third-order valence-corrected chi connectivity index (χ3v) is 0. The second kappa shape index (κ2) is 14.2. The van der Waals surface area contributed by atoms with E-state index in [1.807, 2.05) is 0 Å². The van der Waals surface area contributed by atoms with E-state index in [-0.39, 0.29) is 42.6 Å². The van der Waals surface area contributed by atoms with Gasteiger partial charge in [-0.15, -0.1) is 0 Å². The molecule has 2 N–H and O–H groups in total. The van der Waals surface area contributed by atoms with E-state index in [9.17, 15) is 0 Å². The van der Waals surface area contributed by atoms with Crippen molar-refractivity contribution < 1.29 is 95.2 Å². The van der Waals surface area contributed by atoms with Gasteiger partial charge in [-0.05, 0) is 0 Å². The van der Waals surface area contributed by atoms with Crippen LogP contribution in [0.15, 0.2) is 0 Å². The van der Waals surface area contributed by atoms with E-state index in [1.54, 1.807) is 0 Å². The van der Waals surface area contributed by atoms with E-state index in [2.05, 4.69) is 0 Å². The number of rotatable bonds is 0. The Bertz CT molecular complexity index is 341. The normalized spacial score (nSPS) is 9.67. The van der Waals surface area contributed by atoms with Gasteiger partial charge in [0.15, 0.2) is 0 Å². The van der Waals surface area contributed by atoms with Crippen LogP contribution in [-0.4, -0.2) is 58.0 Å². The first-order chi connectivity index (χ1) is 6.00. The molecule has 0 bridgehead atoms. The van der Waals surface area contributed by atoms with E-state index in [0.29, 0.717) is 0 Å². The van der Waals surface area contributed by atoms with Gasteiger partial charge in [-0.2, -0.15) is 0 Å². The van der Waals surface area contributed by atoms with Crippen molar-refractivity contribution in [3.05, 3.63) is 0 Å². The van der Waals surface area contributed by atoms with Gasteiger partial charge < -0.3 is 32.8 Å². The molecule has 0 aliphatic heterocycles. The molecular formula is H2O13S3V2-6.